The van der Waals surface area contributed by atoms with Gasteiger partial charge >= 0.3 is 11.9 Å². The van der Waals surface area contributed by atoms with E-state index in [0.717, 1.165) is 10.8 Å². The fourth-order valence-electron chi connectivity index (χ4n) is 2.19. The second-order valence-electron chi connectivity index (χ2n) is 5.04. The predicted octanol–water partition coefficient (Wildman–Crippen LogP) is 1.98. The number of aliphatic carboxylic acids is 1. The Balaban J connectivity index is 2.10. The smallest absolute Gasteiger partial charge is 0.326 e. The molecule has 0 bridgehead atoms. The first-order valence-corrected chi connectivity index (χ1v) is 7.10. The van der Waals surface area contributed by atoms with Crippen LogP contribution in [-0.4, -0.2) is 36.1 Å². The Morgan fingerprint density at radius 1 is 1.13 bits per heavy atom. The van der Waals surface area contributed by atoms with Crippen LogP contribution in [0, 0.1) is 0 Å². The summed E-state index contributed by atoms with van der Waals surface area (Å²) in [5.74, 6) is -2.20. The molecule has 23 heavy (non-hydrogen) atoms. The first kappa shape index (κ1) is 16.5. The highest BCUT2D eigenvalue weighted by Crippen LogP contribution is 2.15. The molecule has 0 aliphatic carbocycles. The number of nitrogens with one attached hydrogen (secondary N) is 1. The molecule has 0 saturated carbocycles. The van der Waals surface area contributed by atoms with Gasteiger partial charge in [-0.05, 0) is 29.3 Å². The number of rotatable bonds is 6. The van der Waals surface area contributed by atoms with Crippen molar-refractivity contribution >= 4 is 28.6 Å². The molecule has 0 aromatic heterocycles. The van der Waals surface area contributed by atoms with Crippen LogP contribution in [-0.2, 0) is 14.3 Å². The fourth-order valence-corrected chi connectivity index (χ4v) is 2.19. The molecule has 2 aromatic carbocycles. The highest BCUT2D eigenvalue weighted by atomic mass is 16.5. The van der Waals surface area contributed by atoms with Crippen LogP contribution in [0.15, 0.2) is 42.5 Å². The van der Waals surface area contributed by atoms with Crippen molar-refractivity contribution in [3.8, 4) is 0 Å². The number of ether oxygens (including phenoxy) is 1. The molecule has 0 fully saturated rings. The Hall–Kier alpha value is -2.89. The number of hydrogen-bond acceptors (Lipinski definition) is 4. The number of carbonyl (C=O) groups is 3. The number of carboxylic acid groups (broad SMARTS) is 1. The van der Waals surface area contributed by atoms with E-state index in [1.54, 1.807) is 18.2 Å². The van der Waals surface area contributed by atoms with E-state index in [-0.39, 0.29) is 12.8 Å². The van der Waals surface area contributed by atoms with Crippen molar-refractivity contribution in [1.82, 2.24) is 5.32 Å². The molecule has 0 heterocycles. The van der Waals surface area contributed by atoms with Crippen molar-refractivity contribution in [2.75, 3.05) is 7.11 Å². The molecule has 2 rings (SSSR count). The number of benzene rings is 2. The van der Waals surface area contributed by atoms with Gasteiger partial charge in [0.25, 0.3) is 5.91 Å². The van der Waals surface area contributed by atoms with Crippen molar-refractivity contribution in [2.24, 2.45) is 0 Å². The Morgan fingerprint density at radius 2 is 1.83 bits per heavy atom. The van der Waals surface area contributed by atoms with E-state index in [0.29, 0.717) is 5.56 Å². The molecule has 1 amide bonds. The van der Waals surface area contributed by atoms with E-state index in [4.69, 9.17) is 5.11 Å². The Labute approximate surface area is 133 Å². The van der Waals surface area contributed by atoms with Crippen LogP contribution < -0.4 is 5.32 Å². The van der Waals surface area contributed by atoms with Crippen molar-refractivity contribution in [3.05, 3.63) is 48.0 Å². The summed E-state index contributed by atoms with van der Waals surface area (Å²) in [6, 6.07) is 11.5. The number of amides is 1. The van der Waals surface area contributed by atoms with E-state index in [9.17, 15) is 14.4 Å². The molecule has 0 spiro atoms. The molecule has 0 saturated heterocycles. The molecule has 0 aliphatic heterocycles. The first-order valence-electron chi connectivity index (χ1n) is 7.10. The van der Waals surface area contributed by atoms with Crippen LogP contribution >= 0.6 is 0 Å². The number of hydrogen-bond donors (Lipinski definition) is 2. The zero-order valence-electron chi connectivity index (χ0n) is 12.6. The summed E-state index contributed by atoms with van der Waals surface area (Å²) >= 11 is 0. The largest absolute Gasteiger partial charge is 0.480 e. The van der Waals surface area contributed by atoms with E-state index in [2.05, 4.69) is 10.1 Å². The van der Waals surface area contributed by atoms with Crippen LogP contribution in [0.4, 0.5) is 0 Å². The summed E-state index contributed by atoms with van der Waals surface area (Å²) in [6.45, 7) is 0. The van der Waals surface area contributed by atoms with E-state index < -0.39 is 23.9 Å². The maximum Gasteiger partial charge on any atom is 0.326 e. The molecule has 120 valence electrons. The van der Waals surface area contributed by atoms with E-state index >= 15 is 0 Å². The third-order valence-electron chi connectivity index (χ3n) is 3.48. The summed E-state index contributed by atoms with van der Waals surface area (Å²) in [5, 5.41) is 13.5. The Kier molecular flexibility index (Phi) is 5.30. The third-order valence-corrected chi connectivity index (χ3v) is 3.48. The minimum absolute atomic E-state index is 0.0265. The molecule has 6 heteroatoms. The Morgan fingerprint density at radius 3 is 2.48 bits per heavy atom. The summed E-state index contributed by atoms with van der Waals surface area (Å²) in [7, 11) is 1.23. The van der Waals surface area contributed by atoms with Gasteiger partial charge in [-0.1, -0.05) is 30.3 Å². The second kappa shape index (κ2) is 7.40. The van der Waals surface area contributed by atoms with Gasteiger partial charge < -0.3 is 15.2 Å². The normalized spacial score (nSPS) is 11.7. The van der Waals surface area contributed by atoms with Crippen LogP contribution in [0.1, 0.15) is 23.2 Å². The van der Waals surface area contributed by atoms with Crippen LogP contribution in [0.2, 0.25) is 0 Å². The summed E-state index contributed by atoms with van der Waals surface area (Å²) in [6.07, 6.45) is -0.104. The van der Waals surface area contributed by atoms with Gasteiger partial charge in [-0.3, -0.25) is 9.59 Å². The van der Waals surface area contributed by atoms with Gasteiger partial charge in [-0.25, -0.2) is 4.79 Å². The molecule has 0 aliphatic rings. The minimum Gasteiger partial charge on any atom is -0.480 e. The quantitative estimate of drug-likeness (QED) is 0.795. The van der Waals surface area contributed by atoms with Crippen molar-refractivity contribution in [1.29, 1.82) is 0 Å². The second-order valence-corrected chi connectivity index (χ2v) is 5.04. The third kappa shape index (κ3) is 4.29. The molecule has 2 N–H and O–H groups in total. The highest BCUT2D eigenvalue weighted by molar-refractivity contribution is 6.00. The maximum absolute atomic E-state index is 12.2. The van der Waals surface area contributed by atoms with Gasteiger partial charge in [0.15, 0.2) is 0 Å². The van der Waals surface area contributed by atoms with E-state index in [1.165, 1.54) is 7.11 Å². The average molecular weight is 315 g/mol. The number of carboxylic acids is 1. The maximum atomic E-state index is 12.2. The SMILES string of the molecule is COC(=O)CC[C@H](NC(=O)c1ccc2ccccc2c1)C(=O)O. The lowest BCUT2D eigenvalue weighted by molar-refractivity contribution is -0.142. The molecule has 0 unspecified atom stereocenters. The Bertz CT molecular complexity index is 741. The lowest BCUT2D eigenvalue weighted by Gasteiger charge is -2.14. The summed E-state index contributed by atoms with van der Waals surface area (Å²) in [5.41, 5.74) is 0.369. The standard InChI is InChI=1S/C17H17NO5/c1-23-15(19)9-8-14(17(21)22)18-16(20)13-7-6-11-4-2-3-5-12(11)10-13/h2-7,10,14H,8-9H2,1H3,(H,18,20)(H,21,22)/t14-/m0/s1. The fraction of sp³-hybridized carbons (Fsp3) is 0.235. The zero-order chi connectivity index (χ0) is 16.8. The molecule has 1 atom stereocenters. The van der Waals surface area contributed by atoms with Gasteiger partial charge in [-0.15, -0.1) is 0 Å². The van der Waals surface area contributed by atoms with Gasteiger partial charge in [0.1, 0.15) is 6.04 Å². The van der Waals surface area contributed by atoms with Crippen LogP contribution in [0.5, 0.6) is 0 Å². The van der Waals surface area contributed by atoms with Crippen molar-refractivity contribution in [2.45, 2.75) is 18.9 Å². The lowest BCUT2D eigenvalue weighted by Crippen LogP contribution is -2.41. The molecular formula is C17H17NO5. The van der Waals surface area contributed by atoms with Crippen molar-refractivity contribution < 1.29 is 24.2 Å². The highest BCUT2D eigenvalue weighted by Gasteiger charge is 2.22. The summed E-state index contributed by atoms with van der Waals surface area (Å²) in [4.78, 5) is 34.6. The lowest BCUT2D eigenvalue weighted by atomic mass is 10.1. The number of carbonyl (C=O) groups excluding carboxylic acids is 2. The molecule has 2 aromatic rings. The van der Waals surface area contributed by atoms with Gasteiger partial charge in [-0.2, -0.15) is 0 Å². The number of esters is 1. The number of fused-ring (bicyclic) bond motifs is 1. The average Bonchev–Trinajstić information content (AvgIpc) is 2.57. The van der Waals surface area contributed by atoms with Gasteiger partial charge in [0, 0.05) is 12.0 Å². The topological polar surface area (TPSA) is 92.7 Å². The van der Waals surface area contributed by atoms with Gasteiger partial charge in [0.2, 0.25) is 0 Å². The molecular weight excluding hydrogens is 298 g/mol. The van der Waals surface area contributed by atoms with Crippen molar-refractivity contribution in [3.63, 3.8) is 0 Å². The van der Waals surface area contributed by atoms with Gasteiger partial charge in [0.05, 0.1) is 7.11 Å². The monoisotopic (exact) mass is 315 g/mol. The number of methoxy groups -OCH3 is 1. The van der Waals surface area contributed by atoms with E-state index in [1.807, 2.05) is 24.3 Å². The molecule has 6 nitrogen and oxygen atoms in total. The predicted molar refractivity (Wildman–Crippen MR) is 84.1 cm³/mol. The van der Waals surface area contributed by atoms with Crippen LogP contribution in [0.25, 0.3) is 10.8 Å². The summed E-state index contributed by atoms with van der Waals surface area (Å²) < 4.78 is 4.47. The molecule has 0 radical (unpaired) electrons. The zero-order valence-corrected chi connectivity index (χ0v) is 12.6. The first-order chi connectivity index (χ1) is 11.0. The minimum atomic E-state index is -1.19. The van der Waals surface area contributed by atoms with Crippen LogP contribution in [0.3, 0.4) is 0 Å².